The first-order valence-electron chi connectivity index (χ1n) is 3.39. The number of aliphatic hydroxyl groups excluding tert-OH is 1. The lowest BCUT2D eigenvalue weighted by molar-refractivity contribution is -0.214. The Kier molecular flexibility index (Phi) is 2.23. The molecule has 0 spiro atoms. The van der Waals surface area contributed by atoms with Gasteiger partial charge >= 0.3 is 6.18 Å². The summed E-state index contributed by atoms with van der Waals surface area (Å²) < 4.78 is 37.0. The molecular weight excluding hydrogens is 171 g/mol. The third-order valence-electron chi connectivity index (χ3n) is 1.89. The molecule has 0 saturated carbocycles. The Morgan fingerprint density at radius 2 is 2.17 bits per heavy atom. The minimum atomic E-state index is -4.41. The predicted molar refractivity (Wildman–Crippen MR) is 37.8 cm³/mol. The maximum Gasteiger partial charge on any atom is 0.400 e. The van der Waals surface area contributed by atoms with Crippen LogP contribution in [-0.2, 0) is 0 Å². The number of rotatable bonds is 1. The molecule has 0 aromatic carbocycles. The summed E-state index contributed by atoms with van der Waals surface area (Å²) in [6.45, 7) is -0.932. The fourth-order valence-electron chi connectivity index (χ4n) is 0.947. The number of alkyl halides is 3. The molecule has 2 nitrogen and oxygen atoms in total. The summed E-state index contributed by atoms with van der Waals surface area (Å²) in [5.74, 6) is 0. The highest BCUT2D eigenvalue weighted by atomic mass is 19.4. The first-order chi connectivity index (χ1) is 5.52. The minimum absolute atomic E-state index is 0.288. The molecule has 0 aliphatic carbocycles. The average molecular weight is 179 g/mol. The van der Waals surface area contributed by atoms with Crippen molar-refractivity contribution in [2.75, 3.05) is 6.61 Å². The highest BCUT2D eigenvalue weighted by molar-refractivity contribution is 5.61. The Balaban J connectivity index is 2.91. The van der Waals surface area contributed by atoms with Crippen LogP contribution in [0.4, 0.5) is 13.2 Å². The lowest BCUT2D eigenvalue weighted by atomic mass is 9.84. The molecule has 0 radical (unpaired) electrons. The van der Waals surface area contributed by atoms with E-state index in [0.717, 1.165) is 18.5 Å². The van der Waals surface area contributed by atoms with Crippen LogP contribution in [0.5, 0.6) is 0 Å². The van der Waals surface area contributed by atoms with Crippen LogP contribution in [0.25, 0.3) is 0 Å². The van der Waals surface area contributed by atoms with Crippen molar-refractivity contribution >= 4 is 6.21 Å². The van der Waals surface area contributed by atoms with Crippen molar-refractivity contribution in [1.29, 1.82) is 0 Å². The fraction of sp³-hybridized carbons (Fsp3) is 0.571. The standard InChI is InChI=1S/C7H8F3NO/c8-7(9,10)6(5-12)1-3-11-4-2-6/h1,3-4,12H,2,5H2. The smallest absolute Gasteiger partial charge is 0.395 e. The van der Waals surface area contributed by atoms with E-state index < -0.39 is 18.2 Å². The van der Waals surface area contributed by atoms with E-state index in [1.54, 1.807) is 0 Å². The summed E-state index contributed by atoms with van der Waals surface area (Å²) in [6, 6.07) is 0. The molecule has 0 aromatic rings. The number of aliphatic imine (C=N–C) groups is 1. The van der Waals surface area contributed by atoms with Gasteiger partial charge in [0.25, 0.3) is 0 Å². The van der Waals surface area contributed by atoms with Crippen LogP contribution >= 0.6 is 0 Å². The van der Waals surface area contributed by atoms with E-state index >= 15 is 0 Å². The molecule has 0 aromatic heterocycles. The van der Waals surface area contributed by atoms with Crippen LogP contribution in [0.3, 0.4) is 0 Å². The zero-order valence-corrected chi connectivity index (χ0v) is 6.17. The van der Waals surface area contributed by atoms with Crippen LogP contribution in [-0.4, -0.2) is 24.1 Å². The molecule has 1 rings (SSSR count). The Hall–Kier alpha value is -0.840. The van der Waals surface area contributed by atoms with Crippen molar-refractivity contribution in [2.45, 2.75) is 12.6 Å². The summed E-state index contributed by atoms with van der Waals surface area (Å²) in [4.78, 5) is 3.52. The van der Waals surface area contributed by atoms with Gasteiger partial charge in [0.1, 0.15) is 5.41 Å². The summed E-state index contributed by atoms with van der Waals surface area (Å²) in [7, 11) is 0. The van der Waals surface area contributed by atoms with Gasteiger partial charge in [0.05, 0.1) is 6.61 Å². The second-order valence-corrected chi connectivity index (χ2v) is 2.66. The largest absolute Gasteiger partial charge is 0.400 e. The molecular formula is C7H8F3NO. The molecule has 0 bridgehead atoms. The van der Waals surface area contributed by atoms with Gasteiger partial charge in [-0.1, -0.05) is 0 Å². The van der Waals surface area contributed by atoms with E-state index in [-0.39, 0.29) is 6.42 Å². The van der Waals surface area contributed by atoms with Gasteiger partial charge in [-0.2, -0.15) is 13.2 Å². The number of hydrogen-bond acceptors (Lipinski definition) is 2. The van der Waals surface area contributed by atoms with Crippen molar-refractivity contribution < 1.29 is 18.3 Å². The van der Waals surface area contributed by atoms with E-state index in [4.69, 9.17) is 5.11 Å². The molecule has 1 N–H and O–H groups in total. The van der Waals surface area contributed by atoms with Gasteiger partial charge in [0.15, 0.2) is 0 Å². The quantitative estimate of drug-likeness (QED) is 0.650. The van der Waals surface area contributed by atoms with E-state index in [2.05, 4.69) is 4.99 Å². The van der Waals surface area contributed by atoms with Crippen molar-refractivity contribution in [2.24, 2.45) is 10.4 Å². The molecule has 5 heteroatoms. The van der Waals surface area contributed by atoms with Gasteiger partial charge in [-0.15, -0.1) is 0 Å². The molecule has 0 amide bonds. The SMILES string of the molecule is OCC1(C(F)(F)F)C=CN=CC1. The lowest BCUT2D eigenvalue weighted by Crippen LogP contribution is -2.40. The molecule has 0 fully saturated rings. The predicted octanol–water partition coefficient (Wildman–Crippen LogP) is 1.52. The Bertz CT molecular complexity index is 221. The minimum Gasteiger partial charge on any atom is -0.395 e. The van der Waals surface area contributed by atoms with Gasteiger partial charge in [-0.25, -0.2) is 0 Å². The lowest BCUT2D eigenvalue weighted by Gasteiger charge is -2.30. The second kappa shape index (κ2) is 2.90. The number of nitrogens with zero attached hydrogens (tertiary/aromatic N) is 1. The van der Waals surface area contributed by atoms with E-state index in [0.29, 0.717) is 0 Å². The molecule has 1 unspecified atom stereocenters. The fourth-order valence-corrected chi connectivity index (χ4v) is 0.947. The highest BCUT2D eigenvalue weighted by Gasteiger charge is 2.52. The number of halogens is 3. The maximum absolute atomic E-state index is 12.3. The molecule has 1 atom stereocenters. The summed E-state index contributed by atoms with van der Waals surface area (Å²) in [5.41, 5.74) is -2.12. The molecule has 1 aliphatic heterocycles. The highest BCUT2D eigenvalue weighted by Crippen LogP contribution is 2.42. The molecule has 68 valence electrons. The van der Waals surface area contributed by atoms with Crippen molar-refractivity contribution in [3.63, 3.8) is 0 Å². The molecule has 1 heterocycles. The molecule has 1 aliphatic rings. The van der Waals surface area contributed by atoms with Gasteiger partial charge in [0, 0.05) is 18.8 Å². The first kappa shape index (κ1) is 9.25. The van der Waals surface area contributed by atoms with Crippen LogP contribution in [0.15, 0.2) is 17.3 Å². The third-order valence-corrected chi connectivity index (χ3v) is 1.89. The zero-order chi connectivity index (χ0) is 9.24. The van der Waals surface area contributed by atoms with Crippen LogP contribution in [0.2, 0.25) is 0 Å². The van der Waals surface area contributed by atoms with Crippen molar-refractivity contribution in [3.05, 3.63) is 12.3 Å². The summed E-state index contributed by atoms with van der Waals surface area (Å²) >= 11 is 0. The maximum atomic E-state index is 12.3. The molecule has 0 saturated heterocycles. The van der Waals surface area contributed by atoms with E-state index in [1.807, 2.05) is 0 Å². The normalized spacial score (nSPS) is 29.3. The number of aliphatic hydroxyl groups is 1. The van der Waals surface area contributed by atoms with Crippen LogP contribution < -0.4 is 0 Å². The third kappa shape index (κ3) is 1.36. The van der Waals surface area contributed by atoms with Crippen molar-refractivity contribution in [3.8, 4) is 0 Å². The first-order valence-corrected chi connectivity index (χ1v) is 3.39. The van der Waals surface area contributed by atoms with E-state index in [9.17, 15) is 13.2 Å². The van der Waals surface area contributed by atoms with Gasteiger partial charge < -0.3 is 5.11 Å². The van der Waals surface area contributed by atoms with Gasteiger partial charge in [0.2, 0.25) is 0 Å². The second-order valence-electron chi connectivity index (χ2n) is 2.66. The summed E-state index contributed by atoms with van der Waals surface area (Å²) in [5, 5.41) is 8.64. The van der Waals surface area contributed by atoms with E-state index in [1.165, 1.54) is 0 Å². The Morgan fingerprint density at radius 1 is 1.50 bits per heavy atom. The van der Waals surface area contributed by atoms with Gasteiger partial charge in [-0.05, 0) is 6.08 Å². The topological polar surface area (TPSA) is 32.6 Å². The Labute approximate surface area is 67.4 Å². The van der Waals surface area contributed by atoms with Gasteiger partial charge in [-0.3, -0.25) is 4.99 Å². The summed E-state index contributed by atoms with van der Waals surface area (Å²) in [6.07, 6.45) is -1.59. The zero-order valence-electron chi connectivity index (χ0n) is 6.17. The van der Waals surface area contributed by atoms with Crippen LogP contribution in [0, 0.1) is 5.41 Å². The van der Waals surface area contributed by atoms with Crippen molar-refractivity contribution in [1.82, 2.24) is 0 Å². The Morgan fingerprint density at radius 3 is 2.42 bits per heavy atom. The molecule has 12 heavy (non-hydrogen) atoms. The monoisotopic (exact) mass is 179 g/mol. The van der Waals surface area contributed by atoms with Crippen LogP contribution in [0.1, 0.15) is 6.42 Å². The average Bonchev–Trinajstić information content (AvgIpc) is 2.04. The number of hydrogen-bond donors (Lipinski definition) is 1.